The molecule has 0 saturated carbocycles. The fourth-order valence-electron chi connectivity index (χ4n) is 3.49. The monoisotopic (exact) mass is 419 g/mol. The Balaban J connectivity index is 1.54. The summed E-state index contributed by atoms with van der Waals surface area (Å²) >= 11 is 0. The van der Waals surface area contributed by atoms with Gasteiger partial charge >= 0.3 is 0 Å². The highest BCUT2D eigenvalue weighted by Crippen LogP contribution is 2.26. The molecule has 0 bridgehead atoms. The number of nitrogens with one attached hydrogen (secondary N) is 1. The molecule has 0 unspecified atom stereocenters. The summed E-state index contributed by atoms with van der Waals surface area (Å²) in [4.78, 5) is 14.7. The number of amides is 1. The van der Waals surface area contributed by atoms with Crippen LogP contribution in [0.1, 0.15) is 19.3 Å². The lowest BCUT2D eigenvalue weighted by Crippen LogP contribution is -2.46. The maximum atomic E-state index is 13.1. The van der Waals surface area contributed by atoms with E-state index in [4.69, 9.17) is 0 Å². The number of hydrogen-bond donors (Lipinski definition) is 1. The number of carbonyl (C=O) groups excluding carboxylic acids is 1. The second-order valence-electron chi connectivity index (χ2n) is 7.13. The zero-order chi connectivity index (χ0) is 20.9. The van der Waals surface area contributed by atoms with Gasteiger partial charge in [-0.3, -0.25) is 4.79 Å². The van der Waals surface area contributed by atoms with Crippen LogP contribution in [0.25, 0.3) is 0 Å². The van der Waals surface area contributed by atoms with E-state index in [0.717, 1.165) is 30.8 Å². The van der Waals surface area contributed by atoms with Crippen molar-refractivity contribution >= 4 is 21.6 Å². The Labute approximate surface area is 171 Å². The largest absolute Gasteiger partial charge is 0.375 e. The van der Waals surface area contributed by atoms with Gasteiger partial charge in [0.15, 0.2) is 0 Å². The molecular formula is C21H26FN3O3S. The standard InChI is InChI=1S/C21H26FN3O3S/c1-24(18-7-3-2-4-8-18)15-6-14-23-21(26)20-9-5-16-25(20)29(27,28)19-12-10-17(22)11-13-19/h2-4,7-8,10-13,20H,5-6,9,14-16H2,1H3,(H,23,26)/t20-/m0/s1. The summed E-state index contributed by atoms with van der Waals surface area (Å²) in [6.07, 6.45) is 1.85. The smallest absolute Gasteiger partial charge is 0.243 e. The van der Waals surface area contributed by atoms with Crippen molar-refractivity contribution in [3.05, 3.63) is 60.4 Å². The Morgan fingerprint density at radius 1 is 1.17 bits per heavy atom. The Morgan fingerprint density at radius 3 is 2.55 bits per heavy atom. The van der Waals surface area contributed by atoms with E-state index in [1.165, 1.54) is 16.4 Å². The fourth-order valence-corrected chi connectivity index (χ4v) is 5.15. The molecule has 1 heterocycles. The molecule has 6 nitrogen and oxygen atoms in total. The van der Waals surface area contributed by atoms with E-state index in [2.05, 4.69) is 10.2 Å². The van der Waals surface area contributed by atoms with E-state index in [9.17, 15) is 17.6 Å². The molecule has 8 heteroatoms. The first-order chi connectivity index (χ1) is 13.9. The van der Waals surface area contributed by atoms with Gasteiger partial charge < -0.3 is 10.2 Å². The minimum absolute atomic E-state index is 0.00286. The van der Waals surface area contributed by atoms with Gasteiger partial charge in [-0.15, -0.1) is 0 Å². The van der Waals surface area contributed by atoms with Crippen LogP contribution in [-0.2, 0) is 14.8 Å². The summed E-state index contributed by atoms with van der Waals surface area (Å²) in [5.41, 5.74) is 1.10. The van der Waals surface area contributed by atoms with Crippen LogP contribution in [0, 0.1) is 5.82 Å². The Bertz CT molecular complexity index is 920. The van der Waals surface area contributed by atoms with Crippen LogP contribution in [-0.4, -0.2) is 51.4 Å². The first-order valence-electron chi connectivity index (χ1n) is 9.71. The van der Waals surface area contributed by atoms with E-state index in [0.29, 0.717) is 19.4 Å². The van der Waals surface area contributed by atoms with E-state index >= 15 is 0 Å². The molecule has 1 saturated heterocycles. The van der Waals surface area contributed by atoms with Gasteiger partial charge in [0, 0.05) is 32.4 Å². The highest BCUT2D eigenvalue weighted by molar-refractivity contribution is 7.89. The summed E-state index contributed by atoms with van der Waals surface area (Å²) in [6, 6.07) is 13.9. The molecule has 0 radical (unpaired) electrons. The summed E-state index contributed by atoms with van der Waals surface area (Å²) in [6.45, 7) is 1.53. The number of carbonyl (C=O) groups is 1. The second kappa shape index (κ2) is 9.37. The van der Waals surface area contributed by atoms with Crippen LogP contribution in [0.2, 0.25) is 0 Å². The lowest BCUT2D eigenvalue weighted by Gasteiger charge is -2.24. The van der Waals surface area contributed by atoms with Crippen molar-refractivity contribution in [1.29, 1.82) is 0 Å². The lowest BCUT2D eigenvalue weighted by molar-refractivity contribution is -0.124. The number of para-hydroxylation sites is 1. The third-order valence-electron chi connectivity index (χ3n) is 5.09. The van der Waals surface area contributed by atoms with Crippen LogP contribution >= 0.6 is 0 Å². The normalized spacial score (nSPS) is 17.2. The van der Waals surface area contributed by atoms with Gasteiger partial charge in [-0.25, -0.2) is 12.8 Å². The molecule has 3 rings (SSSR count). The van der Waals surface area contributed by atoms with E-state index in [1.54, 1.807) is 0 Å². The molecule has 1 amide bonds. The van der Waals surface area contributed by atoms with Crippen LogP contribution in [0.4, 0.5) is 10.1 Å². The summed E-state index contributed by atoms with van der Waals surface area (Å²) in [7, 11) is -1.84. The molecule has 1 aliphatic heterocycles. The van der Waals surface area contributed by atoms with Gasteiger partial charge in [0.05, 0.1) is 4.90 Å². The number of nitrogens with zero attached hydrogens (tertiary/aromatic N) is 2. The number of anilines is 1. The van der Waals surface area contributed by atoms with Gasteiger partial charge in [-0.2, -0.15) is 4.31 Å². The minimum Gasteiger partial charge on any atom is -0.375 e. The quantitative estimate of drug-likeness (QED) is 0.668. The molecule has 1 N–H and O–H groups in total. The van der Waals surface area contributed by atoms with Crippen LogP contribution in [0.5, 0.6) is 0 Å². The topological polar surface area (TPSA) is 69.7 Å². The third kappa shape index (κ3) is 5.13. The molecule has 2 aromatic carbocycles. The Kier molecular flexibility index (Phi) is 6.87. The van der Waals surface area contributed by atoms with Gasteiger partial charge in [-0.05, 0) is 55.7 Å². The molecule has 0 aliphatic carbocycles. The SMILES string of the molecule is CN(CCCNC(=O)[C@@H]1CCCN1S(=O)(=O)c1ccc(F)cc1)c1ccccc1. The van der Waals surface area contributed by atoms with Gasteiger partial charge in [-0.1, -0.05) is 18.2 Å². The van der Waals surface area contributed by atoms with Crippen molar-refractivity contribution in [1.82, 2.24) is 9.62 Å². The van der Waals surface area contributed by atoms with Gasteiger partial charge in [0.1, 0.15) is 11.9 Å². The molecular weight excluding hydrogens is 393 g/mol. The molecule has 29 heavy (non-hydrogen) atoms. The molecule has 0 spiro atoms. The van der Waals surface area contributed by atoms with Crippen molar-refractivity contribution in [3.63, 3.8) is 0 Å². The van der Waals surface area contributed by atoms with Crippen LogP contribution in [0.15, 0.2) is 59.5 Å². The molecule has 156 valence electrons. The van der Waals surface area contributed by atoms with Gasteiger partial charge in [0.25, 0.3) is 0 Å². The minimum atomic E-state index is -3.83. The molecule has 1 atom stereocenters. The maximum Gasteiger partial charge on any atom is 0.243 e. The summed E-state index contributed by atoms with van der Waals surface area (Å²) < 4.78 is 40.1. The number of rotatable bonds is 8. The van der Waals surface area contributed by atoms with Crippen molar-refractivity contribution in [2.75, 3.05) is 31.6 Å². The average Bonchev–Trinajstić information content (AvgIpc) is 3.23. The maximum absolute atomic E-state index is 13.1. The second-order valence-corrected chi connectivity index (χ2v) is 9.02. The zero-order valence-electron chi connectivity index (χ0n) is 16.4. The first kappa shape index (κ1) is 21.3. The van der Waals surface area contributed by atoms with E-state index in [1.807, 2.05) is 37.4 Å². The molecule has 0 aromatic heterocycles. The van der Waals surface area contributed by atoms with Crippen molar-refractivity contribution in [3.8, 4) is 0 Å². The summed E-state index contributed by atoms with van der Waals surface area (Å²) in [5.74, 6) is -0.782. The summed E-state index contributed by atoms with van der Waals surface area (Å²) in [5, 5.41) is 2.86. The van der Waals surface area contributed by atoms with E-state index in [-0.39, 0.29) is 17.3 Å². The van der Waals surface area contributed by atoms with E-state index < -0.39 is 21.9 Å². The van der Waals surface area contributed by atoms with Crippen molar-refractivity contribution < 1.29 is 17.6 Å². The number of sulfonamides is 1. The van der Waals surface area contributed by atoms with Crippen LogP contribution < -0.4 is 10.2 Å². The fraction of sp³-hybridized carbons (Fsp3) is 0.381. The third-order valence-corrected chi connectivity index (χ3v) is 7.02. The zero-order valence-corrected chi connectivity index (χ0v) is 17.2. The first-order valence-corrected chi connectivity index (χ1v) is 11.1. The van der Waals surface area contributed by atoms with Crippen molar-refractivity contribution in [2.24, 2.45) is 0 Å². The Morgan fingerprint density at radius 2 is 1.86 bits per heavy atom. The number of benzene rings is 2. The van der Waals surface area contributed by atoms with Crippen molar-refractivity contribution in [2.45, 2.75) is 30.2 Å². The number of hydrogen-bond acceptors (Lipinski definition) is 4. The highest BCUT2D eigenvalue weighted by Gasteiger charge is 2.39. The predicted molar refractivity (Wildman–Crippen MR) is 111 cm³/mol. The molecule has 1 aliphatic rings. The van der Waals surface area contributed by atoms with Gasteiger partial charge in [0.2, 0.25) is 15.9 Å². The highest BCUT2D eigenvalue weighted by atomic mass is 32.2. The molecule has 2 aromatic rings. The predicted octanol–water partition coefficient (Wildman–Crippen LogP) is 2.62. The Hall–Kier alpha value is -2.45. The van der Waals surface area contributed by atoms with Crippen LogP contribution in [0.3, 0.4) is 0 Å². The lowest BCUT2D eigenvalue weighted by atomic mass is 10.2. The average molecular weight is 420 g/mol. The number of halogens is 1. The molecule has 1 fully saturated rings.